The molecule has 0 saturated heterocycles. The van der Waals surface area contributed by atoms with E-state index in [9.17, 15) is 13.2 Å². The second-order valence-electron chi connectivity index (χ2n) is 3.35. The van der Waals surface area contributed by atoms with Gasteiger partial charge in [-0.25, -0.2) is 0 Å². The highest BCUT2D eigenvalue weighted by atomic mass is 19.4. The van der Waals surface area contributed by atoms with Gasteiger partial charge < -0.3 is 15.6 Å². The van der Waals surface area contributed by atoms with Gasteiger partial charge in [-0.05, 0) is 18.1 Å². The summed E-state index contributed by atoms with van der Waals surface area (Å²) < 4.78 is 41.6. The van der Waals surface area contributed by atoms with Crippen LogP contribution in [0.1, 0.15) is 5.56 Å². The van der Waals surface area contributed by atoms with Crippen molar-refractivity contribution < 1.29 is 23.0 Å². The van der Waals surface area contributed by atoms with Gasteiger partial charge in [-0.2, -0.15) is 13.2 Å². The molecule has 0 aliphatic heterocycles. The van der Waals surface area contributed by atoms with Crippen molar-refractivity contribution in [3.63, 3.8) is 0 Å². The van der Waals surface area contributed by atoms with Crippen molar-refractivity contribution in [3.05, 3.63) is 23.8 Å². The number of nitrogens with two attached hydrogens (primary N) is 1. The summed E-state index contributed by atoms with van der Waals surface area (Å²) in [6.45, 7) is 0. The summed E-state index contributed by atoms with van der Waals surface area (Å²) in [7, 11) is 1.32. The van der Waals surface area contributed by atoms with Crippen LogP contribution < -0.4 is 10.5 Å². The normalized spacial score (nSPS) is 13.6. The van der Waals surface area contributed by atoms with Crippen LogP contribution in [-0.2, 0) is 6.42 Å². The van der Waals surface area contributed by atoms with E-state index in [4.69, 9.17) is 15.6 Å². The molecule has 1 aromatic carbocycles. The molecule has 1 rings (SSSR count). The predicted octanol–water partition coefficient (Wildman–Crippen LogP) is 1.83. The highest BCUT2D eigenvalue weighted by Gasteiger charge is 2.36. The quantitative estimate of drug-likeness (QED) is 0.840. The molecule has 6 heteroatoms. The van der Waals surface area contributed by atoms with E-state index in [2.05, 4.69) is 0 Å². The number of rotatable bonds is 3. The van der Waals surface area contributed by atoms with Gasteiger partial charge in [-0.3, -0.25) is 0 Å². The lowest BCUT2D eigenvalue weighted by Crippen LogP contribution is -2.39. The number of alkyl halides is 3. The monoisotopic (exact) mass is 235 g/mol. The van der Waals surface area contributed by atoms with E-state index in [0.29, 0.717) is 5.56 Å². The Balaban J connectivity index is 2.89. The van der Waals surface area contributed by atoms with Crippen LogP contribution in [0.3, 0.4) is 0 Å². The minimum Gasteiger partial charge on any atom is -0.508 e. The van der Waals surface area contributed by atoms with Crippen molar-refractivity contribution in [2.24, 2.45) is 5.73 Å². The van der Waals surface area contributed by atoms with Gasteiger partial charge in [0, 0.05) is 6.07 Å². The Bertz CT molecular complexity index is 366. The van der Waals surface area contributed by atoms with Crippen LogP contribution in [-0.4, -0.2) is 24.4 Å². The van der Waals surface area contributed by atoms with Gasteiger partial charge in [0.25, 0.3) is 0 Å². The molecule has 0 aliphatic rings. The molecule has 3 nitrogen and oxygen atoms in total. The summed E-state index contributed by atoms with van der Waals surface area (Å²) in [5, 5.41) is 9.13. The van der Waals surface area contributed by atoms with E-state index in [1.165, 1.54) is 25.3 Å². The lowest BCUT2D eigenvalue weighted by Gasteiger charge is -2.17. The molecule has 90 valence electrons. The van der Waals surface area contributed by atoms with Gasteiger partial charge in [0.15, 0.2) is 0 Å². The topological polar surface area (TPSA) is 55.5 Å². The standard InChI is InChI=1S/C10H12F3NO2/c1-16-8-5-7(15)3-2-6(8)4-9(14)10(11,12)13/h2-3,5,9,15H,4,14H2,1H3. The fourth-order valence-electron chi connectivity index (χ4n) is 1.25. The van der Waals surface area contributed by atoms with Gasteiger partial charge in [0.2, 0.25) is 0 Å². The summed E-state index contributed by atoms with van der Waals surface area (Å²) in [6.07, 6.45) is -4.82. The molecule has 1 atom stereocenters. The summed E-state index contributed by atoms with van der Waals surface area (Å²) in [5.41, 5.74) is 5.31. The van der Waals surface area contributed by atoms with Gasteiger partial charge in [-0.15, -0.1) is 0 Å². The van der Waals surface area contributed by atoms with E-state index in [1.54, 1.807) is 0 Å². The average molecular weight is 235 g/mol. The second kappa shape index (κ2) is 4.61. The molecule has 0 aliphatic carbocycles. The minimum absolute atomic E-state index is 0.0684. The predicted molar refractivity (Wildman–Crippen MR) is 52.4 cm³/mol. The molecule has 0 spiro atoms. The Morgan fingerprint density at radius 3 is 2.56 bits per heavy atom. The molecule has 0 radical (unpaired) electrons. The molecule has 0 fully saturated rings. The first-order valence-electron chi connectivity index (χ1n) is 4.52. The maximum Gasteiger partial charge on any atom is 0.403 e. The fraction of sp³-hybridized carbons (Fsp3) is 0.400. The molecule has 3 N–H and O–H groups in total. The smallest absolute Gasteiger partial charge is 0.403 e. The lowest BCUT2D eigenvalue weighted by molar-refractivity contribution is -0.147. The number of benzene rings is 1. The molecule has 0 heterocycles. The van der Waals surface area contributed by atoms with Crippen molar-refractivity contribution in [1.29, 1.82) is 0 Å². The van der Waals surface area contributed by atoms with Crippen molar-refractivity contribution in [3.8, 4) is 11.5 Å². The van der Waals surface area contributed by atoms with Gasteiger partial charge in [0.05, 0.1) is 7.11 Å². The zero-order chi connectivity index (χ0) is 12.3. The molecule has 16 heavy (non-hydrogen) atoms. The van der Waals surface area contributed by atoms with Gasteiger partial charge in [0.1, 0.15) is 17.5 Å². The molecule has 1 aromatic rings. The van der Waals surface area contributed by atoms with Crippen LogP contribution in [0.15, 0.2) is 18.2 Å². The van der Waals surface area contributed by atoms with Crippen LogP contribution in [0.25, 0.3) is 0 Å². The molecular formula is C10H12F3NO2. The Kier molecular flexibility index (Phi) is 3.64. The number of ether oxygens (including phenoxy) is 1. The zero-order valence-corrected chi connectivity index (χ0v) is 8.58. The Morgan fingerprint density at radius 2 is 2.06 bits per heavy atom. The first-order valence-corrected chi connectivity index (χ1v) is 4.52. The highest BCUT2D eigenvalue weighted by molar-refractivity contribution is 5.40. The molecule has 0 aromatic heterocycles. The van der Waals surface area contributed by atoms with Crippen molar-refractivity contribution in [2.75, 3.05) is 7.11 Å². The SMILES string of the molecule is COc1cc(O)ccc1CC(N)C(F)(F)F. The summed E-state index contributed by atoms with van der Waals surface area (Å²) >= 11 is 0. The molecule has 0 saturated carbocycles. The van der Waals surface area contributed by atoms with Crippen molar-refractivity contribution in [2.45, 2.75) is 18.6 Å². The minimum atomic E-state index is -4.44. The van der Waals surface area contributed by atoms with E-state index in [-0.39, 0.29) is 17.9 Å². The van der Waals surface area contributed by atoms with E-state index in [1.807, 2.05) is 0 Å². The van der Waals surface area contributed by atoms with Crippen LogP contribution in [0.5, 0.6) is 11.5 Å². The second-order valence-corrected chi connectivity index (χ2v) is 3.35. The first kappa shape index (κ1) is 12.6. The first-order chi connectivity index (χ1) is 7.34. The number of phenols is 1. The third-order valence-corrected chi connectivity index (χ3v) is 2.13. The molecular weight excluding hydrogens is 223 g/mol. The number of hydrogen-bond donors (Lipinski definition) is 2. The summed E-state index contributed by atoms with van der Waals surface area (Å²) in [6, 6.07) is 1.96. The average Bonchev–Trinajstić information content (AvgIpc) is 2.19. The van der Waals surface area contributed by atoms with Crippen LogP contribution >= 0.6 is 0 Å². The number of hydrogen-bond acceptors (Lipinski definition) is 3. The number of phenolic OH excluding ortho intramolecular Hbond substituents is 1. The fourth-order valence-corrected chi connectivity index (χ4v) is 1.25. The van der Waals surface area contributed by atoms with Crippen molar-refractivity contribution >= 4 is 0 Å². The van der Waals surface area contributed by atoms with Crippen molar-refractivity contribution in [1.82, 2.24) is 0 Å². The third-order valence-electron chi connectivity index (χ3n) is 2.13. The van der Waals surface area contributed by atoms with Gasteiger partial charge in [-0.1, -0.05) is 6.07 Å². The number of halogens is 3. The molecule has 1 unspecified atom stereocenters. The van der Waals surface area contributed by atoms with Crippen LogP contribution in [0.4, 0.5) is 13.2 Å². The lowest BCUT2D eigenvalue weighted by atomic mass is 10.0. The maximum atomic E-state index is 12.2. The molecule has 0 bridgehead atoms. The van der Waals surface area contributed by atoms with Crippen LogP contribution in [0, 0.1) is 0 Å². The van der Waals surface area contributed by atoms with Gasteiger partial charge >= 0.3 is 6.18 Å². The largest absolute Gasteiger partial charge is 0.508 e. The Hall–Kier alpha value is -1.43. The third kappa shape index (κ3) is 3.03. The summed E-state index contributed by atoms with van der Waals surface area (Å²) in [4.78, 5) is 0. The number of methoxy groups -OCH3 is 1. The van der Waals surface area contributed by atoms with Crippen LogP contribution in [0.2, 0.25) is 0 Å². The van der Waals surface area contributed by atoms with E-state index in [0.717, 1.165) is 0 Å². The van der Waals surface area contributed by atoms with E-state index < -0.39 is 12.2 Å². The zero-order valence-electron chi connectivity index (χ0n) is 8.58. The highest BCUT2D eigenvalue weighted by Crippen LogP contribution is 2.28. The van der Waals surface area contributed by atoms with E-state index >= 15 is 0 Å². The number of aromatic hydroxyl groups is 1. The Morgan fingerprint density at radius 1 is 1.44 bits per heavy atom. The Labute approximate surface area is 90.6 Å². The summed E-state index contributed by atoms with van der Waals surface area (Å²) in [5.74, 6) is 0.126. The molecule has 0 amide bonds. The maximum absolute atomic E-state index is 12.2.